The van der Waals surface area contributed by atoms with Gasteiger partial charge in [-0.25, -0.2) is 4.79 Å². The fraction of sp³-hybridized carbons (Fsp3) is 0.207. The maximum Gasteiger partial charge on any atom is 0.337 e. The normalized spacial score (nSPS) is 17.5. The van der Waals surface area contributed by atoms with Gasteiger partial charge >= 0.3 is 5.97 Å². The Bertz CT molecular complexity index is 1320. The Morgan fingerprint density at radius 1 is 0.886 bits per heavy atom. The highest BCUT2D eigenvalue weighted by Crippen LogP contribution is 2.42. The number of amides is 1. The molecule has 3 aromatic carbocycles. The predicted octanol–water partition coefficient (Wildman–Crippen LogP) is 5.40. The first-order valence-corrected chi connectivity index (χ1v) is 11.3. The van der Waals surface area contributed by atoms with Gasteiger partial charge in [0.1, 0.15) is 5.76 Å². The maximum absolute atomic E-state index is 13.3. The number of carbonyl (C=O) groups is 3. The fourth-order valence-corrected chi connectivity index (χ4v) is 4.23. The molecule has 1 unspecified atom stereocenters. The van der Waals surface area contributed by atoms with Gasteiger partial charge in [0.05, 0.1) is 24.3 Å². The van der Waals surface area contributed by atoms with Crippen LogP contribution in [0.3, 0.4) is 0 Å². The third-order valence-corrected chi connectivity index (χ3v) is 6.13. The first-order chi connectivity index (χ1) is 16.6. The first kappa shape index (κ1) is 24.0. The lowest BCUT2D eigenvalue weighted by Gasteiger charge is -2.27. The number of aliphatic hydroxyl groups is 1. The van der Waals surface area contributed by atoms with Crippen LogP contribution in [0.1, 0.15) is 53.9 Å². The van der Waals surface area contributed by atoms with E-state index in [-0.39, 0.29) is 22.3 Å². The number of carbonyl (C=O) groups excluding carboxylic acids is 3. The molecule has 0 aromatic heterocycles. The molecule has 0 aliphatic carbocycles. The summed E-state index contributed by atoms with van der Waals surface area (Å²) in [6.07, 6.45) is 0. The average molecular weight is 470 g/mol. The third-order valence-electron chi connectivity index (χ3n) is 6.13. The number of ether oxygens (including phenoxy) is 1. The molecule has 1 amide bonds. The number of hydrogen-bond donors (Lipinski definition) is 1. The maximum atomic E-state index is 13.3. The summed E-state index contributed by atoms with van der Waals surface area (Å²) in [6, 6.07) is 21.8. The molecule has 1 atom stereocenters. The highest BCUT2D eigenvalue weighted by atomic mass is 16.5. The Hall–Kier alpha value is -4.19. The van der Waals surface area contributed by atoms with Gasteiger partial charge in [-0.3, -0.25) is 14.5 Å². The molecule has 1 heterocycles. The minimum Gasteiger partial charge on any atom is -0.507 e. The Morgan fingerprint density at radius 3 is 2.11 bits per heavy atom. The summed E-state index contributed by atoms with van der Waals surface area (Å²) in [5, 5.41) is 11.2. The Morgan fingerprint density at radius 2 is 1.51 bits per heavy atom. The second kappa shape index (κ2) is 9.22. The number of rotatable bonds is 4. The molecule has 0 bridgehead atoms. The van der Waals surface area contributed by atoms with Crippen molar-refractivity contribution in [2.45, 2.75) is 32.2 Å². The summed E-state index contributed by atoms with van der Waals surface area (Å²) in [5.41, 5.74) is 2.70. The second-order valence-electron chi connectivity index (χ2n) is 9.45. The van der Waals surface area contributed by atoms with Crippen molar-refractivity contribution in [3.63, 3.8) is 0 Å². The van der Waals surface area contributed by atoms with Crippen LogP contribution in [0.4, 0.5) is 5.69 Å². The molecule has 1 aliphatic rings. The molecule has 1 saturated heterocycles. The summed E-state index contributed by atoms with van der Waals surface area (Å²) < 4.78 is 4.82. The molecule has 4 rings (SSSR count). The minimum absolute atomic E-state index is 0.00632. The molecule has 6 nitrogen and oxygen atoms in total. The lowest BCUT2D eigenvalue weighted by atomic mass is 9.85. The largest absolute Gasteiger partial charge is 0.507 e. The van der Waals surface area contributed by atoms with Gasteiger partial charge in [-0.1, -0.05) is 81.4 Å². The van der Waals surface area contributed by atoms with Crippen molar-refractivity contribution in [3.8, 4) is 0 Å². The van der Waals surface area contributed by atoms with Gasteiger partial charge in [-0.05, 0) is 34.7 Å². The van der Waals surface area contributed by atoms with Gasteiger partial charge in [-0.15, -0.1) is 0 Å². The van der Waals surface area contributed by atoms with E-state index in [1.54, 1.807) is 48.5 Å². The number of benzene rings is 3. The number of methoxy groups -OCH3 is 1. The standard InChI is InChI=1S/C29H27NO5/c1-29(2,3)21-15-13-18(14-16-21)24-23(25(31)19-9-6-5-7-10-19)26(32)27(33)30(24)22-12-8-11-20(17-22)28(34)35-4/h5-17,24,31H,1-4H3/b25-23+. The van der Waals surface area contributed by atoms with Crippen molar-refractivity contribution in [2.75, 3.05) is 12.0 Å². The van der Waals surface area contributed by atoms with Crippen LogP contribution in [0.2, 0.25) is 0 Å². The lowest BCUT2D eigenvalue weighted by Crippen LogP contribution is -2.29. The average Bonchev–Trinajstić information content (AvgIpc) is 3.13. The molecular weight excluding hydrogens is 442 g/mol. The summed E-state index contributed by atoms with van der Waals surface area (Å²) in [6.45, 7) is 6.30. The van der Waals surface area contributed by atoms with Crippen LogP contribution in [-0.2, 0) is 19.7 Å². The molecule has 3 aromatic rings. The molecule has 35 heavy (non-hydrogen) atoms. The quantitative estimate of drug-likeness (QED) is 0.239. The van der Waals surface area contributed by atoms with Crippen molar-refractivity contribution in [1.82, 2.24) is 0 Å². The van der Waals surface area contributed by atoms with E-state index in [1.807, 2.05) is 24.3 Å². The van der Waals surface area contributed by atoms with E-state index in [9.17, 15) is 19.5 Å². The van der Waals surface area contributed by atoms with E-state index in [0.29, 0.717) is 16.8 Å². The van der Waals surface area contributed by atoms with Gasteiger partial charge in [0, 0.05) is 11.3 Å². The molecule has 0 radical (unpaired) electrons. The molecule has 178 valence electrons. The van der Waals surface area contributed by atoms with Crippen LogP contribution >= 0.6 is 0 Å². The minimum atomic E-state index is -0.878. The Balaban J connectivity index is 1.93. The van der Waals surface area contributed by atoms with Gasteiger partial charge < -0.3 is 9.84 Å². The molecule has 1 fully saturated rings. The Kier molecular flexibility index (Phi) is 6.31. The number of Topliss-reactive ketones (excluding diaryl/α,β-unsaturated/α-hetero) is 1. The van der Waals surface area contributed by atoms with Crippen LogP contribution in [0.25, 0.3) is 5.76 Å². The molecule has 1 aliphatic heterocycles. The van der Waals surface area contributed by atoms with Crippen molar-refractivity contribution in [1.29, 1.82) is 0 Å². The number of hydrogen-bond acceptors (Lipinski definition) is 5. The third kappa shape index (κ3) is 4.47. The van der Waals surface area contributed by atoms with Gasteiger partial charge in [-0.2, -0.15) is 0 Å². The number of aliphatic hydroxyl groups excluding tert-OH is 1. The topological polar surface area (TPSA) is 83.9 Å². The molecule has 6 heteroatoms. The van der Waals surface area contributed by atoms with E-state index in [0.717, 1.165) is 5.56 Å². The van der Waals surface area contributed by atoms with Crippen LogP contribution in [-0.4, -0.2) is 29.9 Å². The van der Waals surface area contributed by atoms with Crippen LogP contribution in [0, 0.1) is 0 Å². The van der Waals surface area contributed by atoms with Gasteiger partial charge in [0.25, 0.3) is 11.7 Å². The summed E-state index contributed by atoms with van der Waals surface area (Å²) in [5.74, 6) is -2.38. The molecule has 0 saturated carbocycles. The number of nitrogens with zero attached hydrogens (tertiary/aromatic N) is 1. The number of ketones is 1. The van der Waals surface area contributed by atoms with E-state index < -0.39 is 23.7 Å². The zero-order chi connectivity index (χ0) is 25.3. The van der Waals surface area contributed by atoms with Crippen LogP contribution < -0.4 is 4.90 Å². The SMILES string of the molecule is COC(=O)c1cccc(N2C(=O)C(=O)/C(=C(/O)c3ccccc3)C2c2ccc(C(C)(C)C)cc2)c1. The highest BCUT2D eigenvalue weighted by Gasteiger charge is 2.47. The van der Waals surface area contributed by atoms with E-state index >= 15 is 0 Å². The van der Waals surface area contributed by atoms with Crippen molar-refractivity contribution in [3.05, 3.63) is 107 Å². The summed E-state index contributed by atoms with van der Waals surface area (Å²) in [4.78, 5) is 40.1. The summed E-state index contributed by atoms with van der Waals surface area (Å²) in [7, 11) is 1.28. The number of esters is 1. The van der Waals surface area contributed by atoms with Gasteiger partial charge in [0.15, 0.2) is 0 Å². The second-order valence-corrected chi connectivity index (χ2v) is 9.45. The van der Waals surface area contributed by atoms with Crippen molar-refractivity contribution >= 4 is 29.1 Å². The zero-order valence-electron chi connectivity index (χ0n) is 20.1. The number of anilines is 1. The van der Waals surface area contributed by atoms with Crippen LogP contribution in [0.5, 0.6) is 0 Å². The van der Waals surface area contributed by atoms with Crippen LogP contribution in [0.15, 0.2) is 84.4 Å². The van der Waals surface area contributed by atoms with E-state index in [2.05, 4.69) is 20.8 Å². The predicted molar refractivity (Wildman–Crippen MR) is 134 cm³/mol. The monoisotopic (exact) mass is 469 g/mol. The highest BCUT2D eigenvalue weighted by molar-refractivity contribution is 6.51. The van der Waals surface area contributed by atoms with E-state index in [4.69, 9.17) is 4.74 Å². The van der Waals surface area contributed by atoms with Gasteiger partial charge in [0.2, 0.25) is 0 Å². The van der Waals surface area contributed by atoms with E-state index in [1.165, 1.54) is 18.1 Å². The lowest BCUT2D eigenvalue weighted by molar-refractivity contribution is -0.132. The Labute approximate surface area is 204 Å². The van der Waals surface area contributed by atoms with Crippen molar-refractivity contribution < 1.29 is 24.2 Å². The smallest absolute Gasteiger partial charge is 0.337 e. The molecule has 0 spiro atoms. The summed E-state index contributed by atoms with van der Waals surface area (Å²) >= 11 is 0. The molecular formula is C29H27NO5. The van der Waals surface area contributed by atoms with Crippen molar-refractivity contribution in [2.24, 2.45) is 0 Å². The molecule has 1 N–H and O–H groups in total. The first-order valence-electron chi connectivity index (χ1n) is 11.3. The fourth-order valence-electron chi connectivity index (χ4n) is 4.23. The zero-order valence-corrected chi connectivity index (χ0v) is 20.1.